The number of rotatable bonds is 2. The van der Waals surface area contributed by atoms with Crippen molar-refractivity contribution < 1.29 is 4.79 Å². The standard InChI is InChI=1S/C9H14N4O.ClH/c1-10-9(14)8-5-7(12-13-8)6-3-2-4-11-6;/h5-6,11H,2-4H2,1H3,(H,10,14)(H,12,13);1H. The van der Waals surface area contributed by atoms with E-state index in [2.05, 4.69) is 20.8 Å². The molecule has 2 rings (SSSR count). The lowest BCUT2D eigenvalue weighted by Crippen LogP contribution is -2.18. The van der Waals surface area contributed by atoms with Crippen LogP contribution in [0.1, 0.15) is 35.1 Å². The molecular weight excluding hydrogens is 216 g/mol. The Morgan fingerprint density at radius 2 is 2.47 bits per heavy atom. The topological polar surface area (TPSA) is 69.8 Å². The fraction of sp³-hybridized carbons (Fsp3) is 0.556. The molecule has 0 saturated carbocycles. The Morgan fingerprint density at radius 1 is 1.67 bits per heavy atom. The molecule has 1 saturated heterocycles. The number of halogens is 1. The van der Waals surface area contributed by atoms with Crippen LogP contribution in [-0.2, 0) is 0 Å². The van der Waals surface area contributed by atoms with Crippen molar-refractivity contribution in [2.45, 2.75) is 18.9 Å². The molecule has 0 aliphatic carbocycles. The highest BCUT2D eigenvalue weighted by molar-refractivity contribution is 5.92. The van der Waals surface area contributed by atoms with Gasteiger partial charge in [0.15, 0.2) is 0 Å². The van der Waals surface area contributed by atoms with Crippen LogP contribution in [0.25, 0.3) is 0 Å². The highest BCUT2D eigenvalue weighted by atomic mass is 35.5. The van der Waals surface area contributed by atoms with E-state index in [9.17, 15) is 4.79 Å². The molecule has 1 fully saturated rings. The van der Waals surface area contributed by atoms with Crippen LogP contribution in [-0.4, -0.2) is 29.7 Å². The number of aromatic amines is 1. The van der Waals surface area contributed by atoms with Gasteiger partial charge < -0.3 is 10.6 Å². The molecule has 1 aliphatic rings. The van der Waals surface area contributed by atoms with Crippen molar-refractivity contribution in [3.8, 4) is 0 Å². The number of carbonyl (C=O) groups is 1. The predicted octanol–water partition coefficient (Wildman–Crippen LogP) is 0.616. The lowest BCUT2D eigenvalue weighted by atomic mass is 10.1. The van der Waals surface area contributed by atoms with Gasteiger partial charge in [-0.3, -0.25) is 9.89 Å². The summed E-state index contributed by atoms with van der Waals surface area (Å²) in [6.07, 6.45) is 2.29. The summed E-state index contributed by atoms with van der Waals surface area (Å²) in [4.78, 5) is 11.2. The van der Waals surface area contributed by atoms with Crippen LogP contribution in [0, 0.1) is 0 Å². The molecule has 5 nitrogen and oxygen atoms in total. The number of hydrogen-bond acceptors (Lipinski definition) is 3. The van der Waals surface area contributed by atoms with E-state index in [4.69, 9.17) is 0 Å². The van der Waals surface area contributed by atoms with Crippen LogP contribution < -0.4 is 10.6 Å². The van der Waals surface area contributed by atoms with E-state index >= 15 is 0 Å². The highest BCUT2D eigenvalue weighted by Crippen LogP contribution is 2.21. The zero-order valence-electron chi connectivity index (χ0n) is 8.54. The van der Waals surface area contributed by atoms with Crippen molar-refractivity contribution >= 4 is 18.3 Å². The minimum atomic E-state index is -0.148. The van der Waals surface area contributed by atoms with Crippen LogP contribution in [0.4, 0.5) is 0 Å². The van der Waals surface area contributed by atoms with Gasteiger partial charge in [-0.25, -0.2) is 0 Å². The largest absolute Gasteiger partial charge is 0.354 e. The number of hydrogen-bond donors (Lipinski definition) is 3. The Kier molecular flexibility index (Phi) is 4.11. The maximum Gasteiger partial charge on any atom is 0.271 e. The van der Waals surface area contributed by atoms with Gasteiger partial charge in [0, 0.05) is 13.1 Å². The van der Waals surface area contributed by atoms with Gasteiger partial charge >= 0.3 is 0 Å². The molecule has 0 spiro atoms. The fourth-order valence-electron chi connectivity index (χ4n) is 1.71. The number of carbonyl (C=O) groups excluding carboxylic acids is 1. The first-order valence-corrected chi connectivity index (χ1v) is 4.82. The fourth-order valence-corrected chi connectivity index (χ4v) is 1.71. The number of H-pyrrole nitrogens is 1. The minimum Gasteiger partial charge on any atom is -0.354 e. The van der Waals surface area contributed by atoms with Crippen LogP contribution in [0.5, 0.6) is 0 Å². The smallest absolute Gasteiger partial charge is 0.271 e. The summed E-state index contributed by atoms with van der Waals surface area (Å²) in [5.41, 5.74) is 1.46. The summed E-state index contributed by atoms with van der Waals surface area (Å²) in [6.45, 7) is 1.04. The van der Waals surface area contributed by atoms with Crippen LogP contribution >= 0.6 is 12.4 Å². The van der Waals surface area contributed by atoms with Crippen molar-refractivity contribution in [3.05, 3.63) is 17.5 Å². The summed E-state index contributed by atoms with van der Waals surface area (Å²) < 4.78 is 0. The zero-order chi connectivity index (χ0) is 9.97. The van der Waals surface area contributed by atoms with Crippen molar-refractivity contribution in [3.63, 3.8) is 0 Å². The third-order valence-corrected chi connectivity index (χ3v) is 2.49. The Balaban J connectivity index is 0.00000112. The van der Waals surface area contributed by atoms with E-state index in [1.165, 1.54) is 6.42 Å². The summed E-state index contributed by atoms with van der Waals surface area (Å²) >= 11 is 0. The minimum absolute atomic E-state index is 0. The second-order valence-electron chi connectivity index (χ2n) is 3.44. The highest BCUT2D eigenvalue weighted by Gasteiger charge is 2.19. The van der Waals surface area contributed by atoms with Crippen molar-refractivity contribution in [1.82, 2.24) is 20.8 Å². The van der Waals surface area contributed by atoms with Gasteiger partial charge in [-0.2, -0.15) is 5.10 Å². The lowest BCUT2D eigenvalue weighted by molar-refractivity contribution is 0.0958. The van der Waals surface area contributed by atoms with E-state index < -0.39 is 0 Å². The second-order valence-corrected chi connectivity index (χ2v) is 3.44. The summed E-state index contributed by atoms with van der Waals surface area (Å²) in [5.74, 6) is -0.148. The van der Waals surface area contributed by atoms with E-state index in [0.29, 0.717) is 11.7 Å². The molecule has 84 valence electrons. The third kappa shape index (κ3) is 2.49. The van der Waals surface area contributed by atoms with Gasteiger partial charge in [-0.1, -0.05) is 0 Å². The molecular formula is C9H15ClN4O. The van der Waals surface area contributed by atoms with Crippen molar-refractivity contribution in [2.24, 2.45) is 0 Å². The molecule has 1 amide bonds. The molecule has 3 N–H and O–H groups in total. The molecule has 0 radical (unpaired) electrons. The molecule has 6 heteroatoms. The summed E-state index contributed by atoms with van der Waals surface area (Å²) in [5, 5.41) is 12.7. The first-order valence-electron chi connectivity index (χ1n) is 4.82. The van der Waals surface area contributed by atoms with Crippen molar-refractivity contribution in [2.75, 3.05) is 13.6 Å². The summed E-state index contributed by atoms with van der Waals surface area (Å²) in [7, 11) is 1.60. The van der Waals surface area contributed by atoms with E-state index in [-0.39, 0.29) is 18.3 Å². The first kappa shape index (κ1) is 12.0. The summed E-state index contributed by atoms with van der Waals surface area (Å²) in [6, 6.07) is 2.14. The lowest BCUT2D eigenvalue weighted by Gasteiger charge is -2.04. The second kappa shape index (κ2) is 5.14. The maximum atomic E-state index is 11.2. The maximum absolute atomic E-state index is 11.2. The van der Waals surface area contributed by atoms with Gasteiger partial charge in [0.25, 0.3) is 5.91 Å². The monoisotopic (exact) mass is 230 g/mol. The Bertz CT molecular complexity index is 333. The number of amides is 1. The van der Waals surface area contributed by atoms with Gasteiger partial charge in [-0.15, -0.1) is 12.4 Å². The Labute approximate surface area is 94.4 Å². The molecule has 1 aromatic heterocycles. The van der Waals surface area contributed by atoms with Gasteiger partial charge in [0.2, 0.25) is 0 Å². The Hall–Kier alpha value is -1.07. The number of nitrogens with zero attached hydrogens (tertiary/aromatic N) is 1. The molecule has 1 aromatic rings. The van der Waals surface area contributed by atoms with Crippen LogP contribution in [0.3, 0.4) is 0 Å². The molecule has 15 heavy (non-hydrogen) atoms. The quantitative estimate of drug-likeness (QED) is 0.698. The first-order chi connectivity index (χ1) is 6.81. The predicted molar refractivity (Wildman–Crippen MR) is 59.2 cm³/mol. The van der Waals surface area contributed by atoms with Gasteiger partial charge in [0.1, 0.15) is 5.69 Å². The number of nitrogens with one attached hydrogen (secondary N) is 3. The van der Waals surface area contributed by atoms with E-state index in [1.54, 1.807) is 7.05 Å². The van der Waals surface area contributed by atoms with Gasteiger partial charge in [0.05, 0.1) is 5.69 Å². The Morgan fingerprint density at radius 3 is 3.07 bits per heavy atom. The van der Waals surface area contributed by atoms with Crippen molar-refractivity contribution in [1.29, 1.82) is 0 Å². The molecule has 1 unspecified atom stereocenters. The average molecular weight is 231 g/mol. The third-order valence-electron chi connectivity index (χ3n) is 2.49. The zero-order valence-corrected chi connectivity index (χ0v) is 9.36. The van der Waals surface area contributed by atoms with E-state index in [1.807, 2.05) is 6.07 Å². The molecule has 0 aromatic carbocycles. The van der Waals surface area contributed by atoms with E-state index in [0.717, 1.165) is 18.7 Å². The molecule has 1 atom stereocenters. The van der Waals surface area contributed by atoms with Crippen LogP contribution in [0.15, 0.2) is 6.07 Å². The van der Waals surface area contributed by atoms with Gasteiger partial charge in [-0.05, 0) is 25.5 Å². The SMILES string of the molecule is CNC(=O)c1cc(C2CCCN2)[nH]n1.Cl. The van der Waals surface area contributed by atoms with Crippen LogP contribution in [0.2, 0.25) is 0 Å². The number of aromatic nitrogens is 2. The molecule has 2 heterocycles. The normalized spacial score (nSPS) is 19.7. The molecule has 0 bridgehead atoms. The average Bonchev–Trinajstić information content (AvgIpc) is 2.86. The molecule has 1 aliphatic heterocycles.